The van der Waals surface area contributed by atoms with E-state index >= 15 is 0 Å². The fourth-order valence-electron chi connectivity index (χ4n) is 2.88. The Morgan fingerprint density at radius 3 is 2.76 bits per heavy atom. The molecule has 1 aromatic carbocycles. The molecule has 0 bridgehead atoms. The van der Waals surface area contributed by atoms with Crippen LogP contribution in [0.4, 0.5) is 5.69 Å². The van der Waals surface area contributed by atoms with Crippen LogP contribution in [0.25, 0.3) is 0 Å². The van der Waals surface area contributed by atoms with Crippen LogP contribution in [0.2, 0.25) is 0 Å². The second-order valence-electron chi connectivity index (χ2n) is 5.43. The molecule has 21 heavy (non-hydrogen) atoms. The number of fused-ring (bicyclic) bond motifs is 1. The minimum Gasteiger partial charge on any atom is -0.489 e. The monoisotopic (exact) mass is 289 g/mol. The summed E-state index contributed by atoms with van der Waals surface area (Å²) in [5, 5.41) is 3.23. The molecule has 1 saturated heterocycles. The number of hydrogen-bond donors (Lipinski definition) is 2. The van der Waals surface area contributed by atoms with Crippen molar-refractivity contribution in [3.05, 3.63) is 23.8 Å². The summed E-state index contributed by atoms with van der Waals surface area (Å²) in [7, 11) is 0. The zero-order valence-electron chi connectivity index (χ0n) is 11.8. The maximum Gasteiger partial charge on any atom is 0.257 e. The first-order valence-corrected chi connectivity index (χ1v) is 7.25. The molecule has 1 fully saturated rings. The number of rotatable bonds is 2. The van der Waals surface area contributed by atoms with Gasteiger partial charge in [-0.15, -0.1) is 0 Å². The largest absolute Gasteiger partial charge is 0.489 e. The normalized spacial score (nSPS) is 18.4. The number of nitrogens with two attached hydrogens (primary N) is 1. The van der Waals surface area contributed by atoms with E-state index in [4.69, 9.17) is 10.5 Å². The highest BCUT2D eigenvalue weighted by molar-refractivity contribution is 5.99. The quantitative estimate of drug-likeness (QED) is 0.844. The van der Waals surface area contributed by atoms with Gasteiger partial charge in [-0.3, -0.25) is 9.59 Å². The number of likely N-dealkylation sites (tertiary alicyclic amines) is 1. The van der Waals surface area contributed by atoms with Crippen LogP contribution < -0.4 is 15.8 Å². The Hall–Kier alpha value is -2.24. The molecule has 0 radical (unpaired) electrons. The minimum absolute atomic E-state index is 0.0431. The number of nitrogens with zero attached hydrogens (tertiary/aromatic N) is 1. The first-order chi connectivity index (χ1) is 10.2. The Morgan fingerprint density at radius 2 is 2.05 bits per heavy atom. The van der Waals surface area contributed by atoms with Crippen molar-refractivity contribution in [3.63, 3.8) is 0 Å². The highest BCUT2D eigenvalue weighted by Gasteiger charge is 2.28. The van der Waals surface area contributed by atoms with E-state index in [-0.39, 0.29) is 17.7 Å². The predicted octanol–water partition coefficient (Wildman–Crippen LogP) is 0.828. The van der Waals surface area contributed by atoms with Crippen molar-refractivity contribution >= 4 is 17.5 Å². The number of primary amides is 1. The Bertz CT molecular complexity index is 565. The summed E-state index contributed by atoms with van der Waals surface area (Å²) in [6, 6.07) is 5.54. The summed E-state index contributed by atoms with van der Waals surface area (Å²) in [5.41, 5.74) is 6.76. The number of amides is 2. The topological polar surface area (TPSA) is 84.7 Å². The lowest BCUT2D eigenvalue weighted by molar-refractivity contribution is -0.123. The van der Waals surface area contributed by atoms with Gasteiger partial charge in [0.25, 0.3) is 5.91 Å². The van der Waals surface area contributed by atoms with Crippen LogP contribution in [0, 0.1) is 5.92 Å². The van der Waals surface area contributed by atoms with Gasteiger partial charge in [-0.2, -0.15) is 0 Å². The number of hydrogen-bond acceptors (Lipinski definition) is 4. The standard InChI is InChI=1S/C15H19N3O3/c16-14(19)10-4-7-18(8-5-10)15(20)11-2-1-3-12-13(11)21-9-6-17-12/h1-3,10,17H,4-9H2,(H2,16,19). The molecule has 6 heteroatoms. The van der Waals surface area contributed by atoms with Gasteiger partial charge in [-0.1, -0.05) is 6.07 Å². The third kappa shape index (κ3) is 2.66. The number of benzene rings is 1. The van der Waals surface area contributed by atoms with Crippen molar-refractivity contribution < 1.29 is 14.3 Å². The molecule has 2 amide bonds. The van der Waals surface area contributed by atoms with E-state index in [1.807, 2.05) is 12.1 Å². The second-order valence-corrected chi connectivity index (χ2v) is 5.43. The molecule has 2 heterocycles. The van der Waals surface area contributed by atoms with Gasteiger partial charge in [0.05, 0.1) is 11.3 Å². The van der Waals surface area contributed by atoms with Crippen molar-refractivity contribution in [2.45, 2.75) is 12.8 Å². The maximum absolute atomic E-state index is 12.7. The average molecular weight is 289 g/mol. The Kier molecular flexibility index (Phi) is 3.68. The van der Waals surface area contributed by atoms with Gasteiger partial charge in [-0.25, -0.2) is 0 Å². The number of ether oxygens (including phenoxy) is 1. The Balaban J connectivity index is 1.76. The Morgan fingerprint density at radius 1 is 1.29 bits per heavy atom. The van der Waals surface area contributed by atoms with Gasteiger partial charge in [0.15, 0.2) is 5.75 Å². The van der Waals surface area contributed by atoms with Gasteiger partial charge < -0.3 is 20.7 Å². The summed E-state index contributed by atoms with van der Waals surface area (Å²) in [6.07, 6.45) is 1.27. The summed E-state index contributed by atoms with van der Waals surface area (Å²) < 4.78 is 5.64. The van der Waals surface area contributed by atoms with E-state index in [0.29, 0.717) is 43.9 Å². The molecule has 3 rings (SSSR count). The summed E-state index contributed by atoms with van der Waals surface area (Å²) in [5.74, 6) is 0.202. The van der Waals surface area contributed by atoms with E-state index in [1.165, 1.54) is 0 Å². The number of carbonyl (C=O) groups excluding carboxylic acids is 2. The third-order valence-corrected chi connectivity index (χ3v) is 4.09. The predicted molar refractivity (Wildman–Crippen MR) is 78.2 cm³/mol. The molecule has 0 saturated carbocycles. The van der Waals surface area contributed by atoms with Crippen LogP contribution in [0.3, 0.4) is 0 Å². The van der Waals surface area contributed by atoms with E-state index in [0.717, 1.165) is 12.2 Å². The molecular weight excluding hydrogens is 270 g/mol. The molecule has 2 aliphatic rings. The summed E-state index contributed by atoms with van der Waals surface area (Å²) in [4.78, 5) is 25.6. The summed E-state index contributed by atoms with van der Waals surface area (Å²) >= 11 is 0. The summed E-state index contributed by atoms with van der Waals surface area (Å²) in [6.45, 7) is 2.42. The van der Waals surface area contributed by atoms with E-state index in [2.05, 4.69) is 5.32 Å². The van der Waals surface area contributed by atoms with Crippen LogP contribution in [0.1, 0.15) is 23.2 Å². The SMILES string of the molecule is NC(=O)C1CCN(C(=O)c2cccc3c2OCCN3)CC1. The van der Waals surface area contributed by atoms with E-state index < -0.39 is 0 Å². The van der Waals surface area contributed by atoms with Crippen molar-refractivity contribution in [2.75, 3.05) is 31.6 Å². The maximum atomic E-state index is 12.7. The fraction of sp³-hybridized carbons (Fsp3) is 0.467. The van der Waals surface area contributed by atoms with E-state index in [1.54, 1.807) is 11.0 Å². The third-order valence-electron chi connectivity index (χ3n) is 4.09. The number of anilines is 1. The van der Waals surface area contributed by atoms with Gasteiger partial charge in [0, 0.05) is 25.6 Å². The van der Waals surface area contributed by atoms with Crippen LogP contribution in [-0.4, -0.2) is 43.0 Å². The Labute approximate surface area is 123 Å². The average Bonchev–Trinajstić information content (AvgIpc) is 2.53. The molecule has 3 N–H and O–H groups in total. The highest BCUT2D eigenvalue weighted by Crippen LogP contribution is 2.32. The van der Waals surface area contributed by atoms with Crippen molar-refractivity contribution in [1.82, 2.24) is 4.90 Å². The van der Waals surface area contributed by atoms with Gasteiger partial charge in [0.2, 0.25) is 5.91 Å². The van der Waals surface area contributed by atoms with Crippen LogP contribution in [0.15, 0.2) is 18.2 Å². The number of para-hydroxylation sites is 1. The number of nitrogens with one attached hydrogen (secondary N) is 1. The molecule has 112 valence electrons. The molecule has 0 atom stereocenters. The molecule has 0 aliphatic carbocycles. The zero-order chi connectivity index (χ0) is 14.8. The minimum atomic E-state index is -0.272. The zero-order valence-corrected chi connectivity index (χ0v) is 11.8. The van der Waals surface area contributed by atoms with E-state index in [9.17, 15) is 9.59 Å². The lowest BCUT2D eigenvalue weighted by Gasteiger charge is -2.31. The number of carbonyl (C=O) groups is 2. The number of piperidine rings is 1. The van der Waals surface area contributed by atoms with Crippen LogP contribution in [-0.2, 0) is 4.79 Å². The lowest BCUT2D eigenvalue weighted by Crippen LogP contribution is -2.42. The van der Waals surface area contributed by atoms with Crippen LogP contribution in [0.5, 0.6) is 5.75 Å². The van der Waals surface area contributed by atoms with Crippen molar-refractivity contribution in [1.29, 1.82) is 0 Å². The molecule has 0 spiro atoms. The molecular formula is C15H19N3O3. The fourth-order valence-corrected chi connectivity index (χ4v) is 2.88. The lowest BCUT2D eigenvalue weighted by atomic mass is 9.95. The molecule has 1 aromatic rings. The first-order valence-electron chi connectivity index (χ1n) is 7.25. The van der Waals surface area contributed by atoms with Crippen molar-refractivity contribution in [3.8, 4) is 5.75 Å². The molecule has 2 aliphatic heterocycles. The van der Waals surface area contributed by atoms with Gasteiger partial charge in [-0.05, 0) is 25.0 Å². The molecule has 6 nitrogen and oxygen atoms in total. The molecule has 0 aromatic heterocycles. The second kappa shape index (κ2) is 5.63. The smallest absolute Gasteiger partial charge is 0.257 e. The van der Waals surface area contributed by atoms with Gasteiger partial charge >= 0.3 is 0 Å². The van der Waals surface area contributed by atoms with Gasteiger partial charge in [0.1, 0.15) is 6.61 Å². The van der Waals surface area contributed by atoms with Crippen molar-refractivity contribution in [2.24, 2.45) is 11.7 Å². The first kappa shape index (κ1) is 13.7. The highest BCUT2D eigenvalue weighted by atomic mass is 16.5. The van der Waals surface area contributed by atoms with Crippen LogP contribution >= 0.6 is 0 Å². The molecule has 0 unspecified atom stereocenters.